The molecule has 4 nitrogen and oxygen atoms in total. The molecule has 0 radical (unpaired) electrons. The minimum Gasteiger partial charge on any atom is -0.319 e. The molecule has 1 saturated heterocycles. The summed E-state index contributed by atoms with van der Waals surface area (Å²) in [5.74, 6) is 5.28. The van der Waals surface area contributed by atoms with Crippen molar-refractivity contribution in [2.45, 2.75) is 19.9 Å². The van der Waals surface area contributed by atoms with E-state index in [1.54, 1.807) is 11.0 Å². The van der Waals surface area contributed by atoms with E-state index in [2.05, 4.69) is 0 Å². The van der Waals surface area contributed by atoms with Gasteiger partial charge >= 0.3 is 6.03 Å². The summed E-state index contributed by atoms with van der Waals surface area (Å²) < 4.78 is 13.1. The Morgan fingerprint density at radius 2 is 2.18 bits per heavy atom. The van der Waals surface area contributed by atoms with E-state index in [0.29, 0.717) is 19.6 Å². The molecule has 0 bridgehead atoms. The van der Waals surface area contributed by atoms with Gasteiger partial charge in [0, 0.05) is 19.6 Å². The fraction of sp³-hybridized carbons (Fsp3) is 0.417. The molecule has 0 saturated carbocycles. The van der Waals surface area contributed by atoms with Gasteiger partial charge in [0.15, 0.2) is 0 Å². The third-order valence-electron chi connectivity index (χ3n) is 3.02. The molecule has 1 fully saturated rings. The molecular weight excluding hydrogens is 221 g/mol. The monoisotopic (exact) mass is 237 g/mol. The van der Waals surface area contributed by atoms with Crippen molar-refractivity contribution in [3.05, 3.63) is 35.1 Å². The van der Waals surface area contributed by atoms with E-state index in [4.69, 9.17) is 5.84 Å². The van der Waals surface area contributed by atoms with Crippen LogP contribution in [-0.2, 0) is 6.54 Å². The average Bonchev–Trinajstić information content (AvgIpc) is 2.30. The highest BCUT2D eigenvalue weighted by Crippen LogP contribution is 2.15. The van der Waals surface area contributed by atoms with Crippen LogP contribution in [0, 0.1) is 12.7 Å². The van der Waals surface area contributed by atoms with E-state index in [-0.39, 0.29) is 11.8 Å². The zero-order valence-electron chi connectivity index (χ0n) is 9.82. The molecule has 92 valence electrons. The van der Waals surface area contributed by atoms with Crippen LogP contribution >= 0.6 is 0 Å². The first kappa shape index (κ1) is 11.9. The number of carbonyl (C=O) groups is 1. The molecule has 2 rings (SSSR count). The Morgan fingerprint density at radius 1 is 1.41 bits per heavy atom. The number of nitrogens with two attached hydrogens (primary N) is 1. The van der Waals surface area contributed by atoms with Crippen molar-refractivity contribution in [3.63, 3.8) is 0 Å². The van der Waals surface area contributed by atoms with E-state index in [1.807, 2.05) is 6.92 Å². The molecule has 1 aliphatic rings. The summed E-state index contributed by atoms with van der Waals surface area (Å²) in [6.07, 6.45) is 0.844. The van der Waals surface area contributed by atoms with Gasteiger partial charge in [0.05, 0.1) is 0 Å². The molecule has 1 heterocycles. The topological polar surface area (TPSA) is 49.6 Å². The van der Waals surface area contributed by atoms with Gasteiger partial charge in [-0.3, -0.25) is 5.01 Å². The lowest BCUT2D eigenvalue weighted by atomic mass is 10.1. The second-order valence-corrected chi connectivity index (χ2v) is 4.32. The van der Waals surface area contributed by atoms with Gasteiger partial charge in [-0.1, -0.05) is 6.07 Å². The maximum atomic E-state index is 13.1. The number of amides is 2. The standard InChI is InChI=1S/C12H16FN3O/c1-9-3-4-11(13)7-10(9)8-15-5-2-6-16(14)12(15)17/h3-4,7H,2,5-6,8,14H2,1H3. The van der Waals surface area contributed by atoms with E-state index in [0.717, 1.165) is 17.5 Å². The highest BCUT2D eigenvalue weighted by Gasteiger charge is 2.23. The molecular formula is C12H16FN3O. The second kappa shape index (κ2) is 4.71. The SMILES string of the molecule is Cc1ccc(F)cc1CN1CCCN(N)C1=O. The summed E-state index contributed by atoms with van der Waals surface area (Å²) in [6.45, 7) is 3.57. The van der Waals surface area contributed by atoms with E-state index in [1.165, 1.54) is 17.1 Å². The van der Waals surface area contributed by atoms with E-state index in [9.17, 15) is 9.18 Å². The van der Waals surface area contributed by atoms with Gasteiger partial charge < -0.3 is 4.90 Å². The van der Waals surface area contributed by atoms with Crippen molar-refractivity contribution in [1.82, 2.24) is 9.91 Å². The van der Waals surface area contributed by atoms with Crippen LogP contribution in [0.1, 0.15) is 17.5 Å². The molecule has 1 aliphatic heterocycles. The van der Waals surface area contributed by atoms with Crippen molar-refractivity contribution >= 4 is 6.03 Å². The van der Waals surface area contributed by atoms with Crippen LogP contribution in [0.2, 0.25) is 0 Å². The summed E-state index contributed by atoms with van der Waals surface area (Å²) in [5, 5.41) is 1.21. The molecule has 0 spiro atoms. The number of carbonyl (C=O) groups excluding carboxylic acids is 1. The summed E-state index contributed by atoms with van der Waals surface area (Å²) >= 11 is 0. The van der Waals surface area contributed by atoms with Crippen molar-refractivity contribution in [3.8, 4) is 0 Å². The fourth-order valence-electron chi connectivity index (χ4n) is 1.97. The Kier molecular flexibility index (Phi) is 3.28. The second-order valence-electron chi connectivity index (χ2n) is 4.32. The van der Waals surface area contributed by atoms with Crippen LogP contribution in [0.5, 0.6) is 0 Å². The highest BCUT2D eigenvalue weighted by atomic mass is 19.1. The zero-order valence-corrected chi connectivity index (χ0v) is 9.82. The predicted octanol–water partition coefficient (Wildman–Crippen LogP) is 1.64. The van der Waals surface area contributed by atoms with Crippen molar-refractivity contribution in [2.75, 3.05) is 13.1 Å². The van der Waals surface area contributed by atoms with E-state index >= 15 is 0 Å². The van der Waals surface area contributed by atoms with Crippen LogP contribution in [0.4, 0.5) is 9.18 Å². The van der Waals surface area contributed by atoms with Crippen LogP contribution in [0.15, 0.2) is 18.2 Å². The van der Waals surface area contributed by atoms with Gasteiger partial charge in [-0.25, -0.2) is 15.0 Å². The maximum absolute atomic E-state index is 13.1. The van der Waals surface area contributed by atoms with Crippen molar-refractivity contribution in [1.29, 1.82) is 0 Å². The number of halogens is 1. The molecule has 0 aromatic heterocycles. The Bertz CT molecular complexity index is 436. The van der Waals surface area contributed by atoms with Crippen LogP contribution in [0.3, 0.4) is 0 Å². The highest BCUT2D eigenvalue weighted by molar-refractivity contribution is 5.74. The molecule has 0 unspecified atom stereocenters. The average molecular weight is 237 g/mol. The summed E-state index contributed by atoms with van der Waals surface area (Å²) in [6, 6.07) is 4.42. The lowest BCUT2D eigenvalue weighted by Gasteiger charge is -2.33. The third kappa shape index (κ3) is 2.55. The normalized spacial score (nSPS) is 16.5. The number of nitrogens with zero attached hydrogens (tertiary/aromatic N) is 2. The van der Waals surface area contributed by atoms with Gasteiger partial charge in [0.25, 0.3) is 0 Å². The number of urea groups is 1. The maximum Gasteiger partial charge on any atom is 0.334 e. The lowest BCUT2D eigenvalue weighted by molar-refractivity contribution is 0.127. The summed E-state index contributed by atoms with van der Waals surface area (Å²) in [4.78, 5) is 13.4. The van der Waals surface area contributed by atoms with Crippen LogP contribution in [-0.4, -0.2) is 29.0 Å². The largest absolute Gasteiger partial charge is 0.334 e. The van der Waals surface area contributed by atoms with Gasteiger partial charge in [-0.2, -0.15) is 0 Å². The number of benzene rings is 1. The third-order valence-corrected chi connectivity index (χ3v) is 3.02. The molecule has 0 aliphatic carbocycles. The number of hydrogen-bond donors (Lipinski definition) is 1. The zero-order chi connectivity index (χ0) is 12.4. The molecule has 1 aromatic carbocycles. The smallest absolute Gasteiger partial charge is 0.319 e. The molecule has 5 heteroatoms. The quantitative estimate of drug-likeness (QED) is 0.628. The lowest BCUT2D eigenvalue weighted by Crippen LogP contribution is -2.52. The van der Waals surface area contributed by atoms with Gasteiger partial charge in [0.2, 0.25) is 0 Å². The first-order chi connectivity index (χ1) is 8.08. The number of aryl methyl sites for hydroxylation is 1. The number of hydrogen-bond acceptors (Lipinski definition) is 2. The Hall–Kier alpha value is -1.62. The van der Waals surface area contributed by atoms with Crippen LogP contribution < -0.4 is 5.84 Å². The minimum absolute atomic E-state index is 0.195. The minimum atomic E-state index is -0.278. The molecule has 2 amide bonds. The Labute approximate surface area is 99.8 Å². The van der Waals surface area contributed by atoms with Gasteiger partial charge in [-0.15, -0.1) is 0 Å². The Morgan fingerprint density at radius 3 is 2.94 bits per heavy atom. The molecule has 17 heavy (non-hydrogen) atoms. The molecule has 2 N–H and O–H groups in total. The summed E-state index contributed by atoms with van der Waals surface area (Å²) in [5.41, 5.74) is 1.81. The van der Waals surface area contributed by atoms with Crippen molar-refractivity contribution in [2.24, 2.45) is 5.84 Å². The molecule has 1 aromatic rings. The fourth-order valence-corrected chi connectivity index (χ4v) is 1.97. The first-order valence-electron chi connectivity index (χ1n) is 5.64. The number of hydrazine groups is 1. The van der Waals surface area contributed by atoms with Gasteiger partial charge in [0.1, 0.15) is 5.82 Å². The molecule has 0 atom stereocenters. The van der Waals surface area contributed by atoms with E-state index < -0.39 is 0 Å². The van der Waals surface area contributed by atoms with Crippen LogP contribution in [0.25, 0.3) is 0 Å². The summed E-state index contributed by atoms with van der Waals surface area (Å²) in [7, 11) is 0. The number of rotatable bonds is 2. The Balaban J connectivity index is 2.14. The van der Waals surface area contributed by atoms with Gasteiger partial charge in [-0.05, 0) is 36.6 Å². The first-order valence-corrected chi connectivity index (χ1v) is 5.64. The predicted molar refractivity (Wildman–Crippen MR) is 62.5 cm³/mol. The van der Waals surface area contributed by atoms with Crippen molar-refractivity contribution < 1.29 is 9.18 Å².